The fraction of sp³-hybridized carbons (Fsp3) is 0. The quantitative estimate of drug-likeness (QED) is 0.175. The van der Waals surface area contributed by atoms with Crippen LogP contribution in [0.25, 0.3) is 76.8 Å². The van der Waals surface area contributed by atoms with E-state index in [1.807, 2.05) is 60.7 Å². The Kier molecular flexibility index (Phi) is 5.76. The minimum absolute atomic E-state index is 0.330. The van der Waals surface area contributed by atoms with Gasteiger partial charge in [-0.3, -0.25) is 4.67 Å². The molecule has 1 aliphatic rings. The van der Waals surface area contributed by atoms with Crippen molar-refractivity contribution in [2.45, 2.75) is 0 Å². The molecule has 0 spiro atoms. The minimum atomic E-state index is -1.48. The molecule has 1 aliphatic heterocycles. The number of para-hydroxylation sites is 2. The van der Waals surface area contributed by atoms with Crippen LogP contribution in [0.1, 0.15) is 2.74 Å². The van der Waals surface area contributed by atoms with Gasteiger partial charge in [-0.25, -0.2) is 9.97 Å². The molecule has 11 rings (SSSR count). The predicted molar refractivity (Wildman–Crippen MR) is 214 cm³/mol. The van der Waals surface area contributed by atoms with Gasteiger partial charge in [-0.15, -0.1) is 0 Å². The normalized spacial score (nSPS) is 14.6. The molecule has 0 bridgehead atoms. The van der Waals surface area contributed by atoms with Crippen LogP contribution in [0, 0.1) is 0 Å². The first kappa shape index (κ1) is 26.5. The maximum Gasteiger partial charge on any atom is 0.235 e. The molecule has 0 radical (unpaired) electrons. The Morgan fingerprint density at radius 1 is 0.549 bits per heavy atom. The van der Waals surface area contributed by atoms with Crippen LogP contribution in [0.2, 0.25) is 0 Å². The van der Waals surface area contributed by atoms with E-state index in [1.54, 1.807) is 6.07 Å². The van der Waals surface area contributed by atoms with Gasteiger partial charge in [0.2, 0.25) is 5.95 Å². The fourth-order valence-corrected chi connectivity index (χ4v) is 10.3. The Hall–Kier alpha value is -6.35. The van der Waals surface area contributed by atoms with Gasteiger partial charge in [0.1, 0.15) is 11.2 Å². The molecule has 2 aromatic heterocycles. The molecule has 0 saturated carbocycles. The number of hydrogen-bond acceptors (Lipinski definition) is 4. The Morgan fingerprint density at radius 2 is 1.22 bits per heavy atom. The van der Waals surface area contributed by atoms with E-state index in [9.17, 15) is 1.37 Å². The van der Waals surface area contributed by atoms with Crippen LogP contribution >= 0.6 is 8.07 Å². The van der Waals surface area contributed by atoms with Crippen LogP contribution < -0.4 is 15.3 Å². The average Bonchev–Trinajstić information content (AvgIpc) is 3.62. The van der Waals surface area contributed by atoms with Crippen molar-refractivity contribution in [2.75, 3.05) is 4.67 Å². The summed E-state index contributed by atoms with van der Waals surface area (Å²) in [5.41, 5.74) is 6.92. The zero-order valence-electron chi connectivity index (χ0n) is 29.2. The van der Waals surface area contributed by atoms with Crippen LogP contribution in [0.4, 0.5) is 11.6 Å². The van der Waals surface area contributed by atoms with Crippen molar-refractivity contribution in [1.29, 1.82) is 0 Å². The Bertz CT molecular complexity index is 3110. The number of nitrogens with zero attached hydrogens (tertiary/aromatic N) is 3. The van der Waals surface area contributed by atoms with E-state index in [4.69, 9.17) is 15.8 Å². The summed E-state index contributed by atoms with van der Waals surface area (Å²) in [7, 11) is -1.48. The molecule has 8 aromatic carbocycles. The van der Waals surface area contributed by atoms with Gasteiger partial charge in [0.15, 0.2) is 0 Å². The minimum Gasteiger partial charge on any atom is -0.455 e. The summed E-state index contributed by atoms with van der Waals surface area (Å²) in [4.78, 5) is 10.9. The molecule has 3 heterocycles. The van der Waals surface area contributed by atoms with Gasteiger partial charge in [-0.05, 0) is 28.3 Å². The van der Waals surface area contributed by atoms with Crippen molar-refractivity contribution >= 4 is 84.7 Å². The first-order valence-electron chi connectivity index (χ1n) is 18.0. The summed E-state index contributed by atoms with van der Waals surface area (Å²) in [6.07, 6.45) is 0. The largest absolute Gasteiger partial charge is 0.455 e. The third-order valence-corrected chi connectivity index (χ3v) is 12.3. The zero-order chi connectivity index (χ0) is 35.2. The highest BCUT2D eigenvalue weighted by molar-refractivity contribution is 7.75. The smallest absolute Gasteiger partial charge is 0.235 e. The fourth-order valence-electron chi connectivity index (χ4n) is 7.81. The molecule has 5 heteroatoms. The maximum absolute atomic E-state index is 9.82. The van der Waals surface area contributed by atoms with Crippen molar-refractivity contribution in [1.82, 2.24) is 9.97 Å². The van der Waals surface area contributed by atoms with E-state index in [0.29, 0.717) is 23.6 Å². The van der Waals surface area contributed by atoms with Crippen molar-refractivity contribution in [3.8, 4) is 22.4 Å². The molecule has 1 atom stereocenters. The molecular formula is C46H28N3OP. The Morgan fingerprint density at radius 3 is 2.06 bits per heavy atom. The molecule has 0 saturated heterocycles. The number of hydrogen-bond donors (Lipinski definition) is 0. The summed E-state index contributed by atoms with van der Waals surface area (Å²) in [6.45, 7) is 0. The Labute approximate surface area is 297 Å². The van der Waals surface area contributed by atoms with Crippen LogP contribution in [0.3, 0.4) is 0 Å². The highest BCUT2D eigenvalue weighted by Gasteiger charge is 2.40. The molecule has 10 aromatic rings. The SMILES string of the molecule is [2H]c1cc2ccccc2c2c1P(c1ccccc1)N(c1nc(-c3ccccc3)c3ccccc3n1)c1c-2c2ccccc2c2oc3c([2H])cccc3c12. The molecular weight excluding hydrogens is 642 g/mol. The van der Waals surface area contributed by atoms with Crippen LogP contribution in [-0.4, -0.2) is 9.97 Å². The third-order valence-electron chi connectivity index (χ3n) is 9.97. The second kappa shape index (κ2) is 11.1. The summed E-state index contributed by atoms with van der Waals surface area (Å²) in [5.74, 6) is 0.546. The molecule has 238 valence electrons. The van der Waals surface area contributed by atoms with Crippen molar-refractivity contribution in [3.05, 3.63) is 170 Å². The predicted octanol–water partition coefficient (Wildman–Crippen LogP) is 11.7. The standard InChI is InChI=1S/C46H28N3OP/c1-3-16-30(17-4-1)43-35-23-11-13-25-37(35)47-46(48-43)49-44-41(33-21-9-10-22-34(33)45-42(44)36-24-12-14-26-38(36)50-45)40-32-20-8-7-15-29(32)27-28-39(40)51(49)31-18-5-2-6-19-31/h1-28H/i26D,28D. The van der Waals surface area contributed by atoms with Crippen LogP contribution in [0.5, 0.6) is 0 Å². The van der Waals surface area contributed by atoms with Gasteiger partial charge in [0, 0.05) is 43.5 Å². The molecule has 4 nitrogen and oxygen atoms in total. The highest BCUT2D eigenvalue weighted by atomic mass is 31.1. The van der Waals surface area contributed by atoms with Gasteiger partial charge >= 0.3 is 0 Å². The number of benzene rings is 8. The van der Waals surface area contributed by atoms with Crippen molar-refractivity contribution in [3.63, 3.8) is 0 Å². The third kappa shape index (κ3) is 4.18. The molecule has 1 unspecified atom stereocenters. The van der Waals surface area contributed by atoms with E-state index in [0.717, 1.165) is 87.5 Å². The van der Waals surface area contributed by atoms with Crippen molar-refractivity contribution < 1.29 is 7.16 Å². The topological polar surface area (TPSA) is 42.2 Å². The Balaban J connectivity index is 1.40. The summed E-state index contributed by atoms with van der Waals surface area (Å²) in [6, 6.07) is 54.3. The maximum atomic E-state index is 9.82. The lowest BCUT2D eigenvalue weighted by atomic mass is 9.89. The second-order valence-corrected chi connectivity index (χ2v) is 14.8. The zero-order valence-corrected chi connectivity index (χ0v) is 28.1. The number of furan rings is 1. The summed E-state index contributed by atoms with van der Waals surface area (Å²) in [5, 5.41) is 8.84. The lowest BCUT2D eigenvalue weighted by Crippen LogP contribution is -2.31. The number of aromatic nitrogens is 2. The molecule has 0 aliphatic carbocycles. The summed E-state index contributed by atoms with van der Waals surface area (Å²) < 4.78 is 27.8. The molecule has 0 amide bonds. The molecule has 0 N–H and O–H groups in total. The highest BCUT2D eigenvalue weighted by Crippen LogP contribution is 2.61. The van der Waals surface area contributed by atoms with E-state index in [1.165, 1.54) is 0 Å². The van der Waals surface area contributed by atoms with E-state index in [2.05, 4.69) is 95.7 Å². The number of rotatable bonds is 3. The van der Waals surface area contributed by atoms with Gasteiger partial charge in [-0.2, -0.15) is 0 Å². The van der Waals surface area contributed by atoms with Crippen molar-refractivity contribution in [2.24, 2.45) is 0 Å². The summed E-state index contributed by atoms with van der Waals surface area (Å²) >= 11 is 0. The lowest BCUT2D eigenvalue weighted by molar-refractivity contribution is 0.673. The molecule has 51 heavy (non-hydrogen) atoms. The first-order valence-corrected chi connectivity index (χ1v) is 18.3. The van der Waals surface area contributed by atoms with Gasteiger partial charge in [0.05, 0.1) is 33.1 Å². The van der Waals surface area contributed by atoms with E-state index in [-0.39, 0.29) is 0 Å². The number of anilines is 2. The average molecular weight is 672 g/mol. The van der Waals surface area contributed by atoms with E-state index < -0.39 is 8.07 Å². The van der Waals surface area contributed by atoms with E-state index >= 15 is 0 Å². The second-order valence-electron chi connectivity index (χ2n) is 12.8. The number of fused-ring (bicyclic) bond motifs is 13. The van der Waals surface area contributed by atoms with Crippen LogP contribution in [-0.2, 0) is 0 Å². The lowest BCUT2D eigenvalue weighted by Gasteiger charge is -2.40. The first-order chi connectivity index (χ1) is 26.2. The van der Waals surface area contributed by atoms with Gasteiger partial charge in [-0.1, -0.05) is 158 Å². The molecule has 0 fully saturated rings. The van der Waals surface area contributed by atoms with Crippen LogP contribution in [0.15, 0.2) is 174 Å². The monoisotopic (exact) mass is 671 g/mol. The van der Waals surface area contributed by atoms with Gasteiger partial charge < -0.3 is 4.42 Å². The van der Waals surface area contributed by atoms with Gasteiger partial charge in [0.25, 0.3) is 0 Å².